The van der Waals surface area contributed by atoms with Gasteiger partial charge in [0.1, 0.15) is 0 Å². The van der Waals surface area contributed by atoms with Crippen LogP contribution >= 0.6 is 15.9 Å². The predicted octanol–water partition coefficient (Wildman–Crippen LogP) is 2.44. The summed E-state index contributed by atoms with van der Waals surface area (Å²) in [6, 6.07) is 6.20. The maximum Gasteiger partial charge on any atom is 0.0995 e. The van der Waals surface area contributed by atoms with Gasteiger partial charge in [0.25, 0.3) is 0 Å². The minimum atomic E-state index is 0.635. The van der Waals surface area contributed by atoms with E-state index in [2.05, 4.69) is 40.0 Å². The van der Waals surface area contributed by atoms with Crippen molar-refractivity contribution in [2.24, 2.45) is 5.73 Å². The van der Waals surface area contributed by atoms with Crippen LogP contribution in [0.2, 0.25) is 0 Å². The third-order valence-corrected chi connectivity index (χ3v) is 2.97. The molecule has 4 heteroatoms. The Labute approximate surface area is 103 Å². The molecule has 0 unspecified atom stereocenters. The van der Waals surface area contributed by atoms with Gasteiger partial charge in [-0.1, -0.05) is 15.9 Å². The maximum absolute atomic E-state index is 5.50. The molecule has 1 aromatic carbocycles. The number of nitrogens with zero attached hydrogens (tertiary/aromatic N) is 2. The Kier molecular flexibility index (Phi) is 3.41. The van der Waals surface area contributed by atoms with E-state index in [0.29, 0.717) is 6.54 Å². The van der Waals surface area contributed by atoms with Crippen LogP contribution in [-0.4, -0.2) is 16.1 Å². The van der Waals surface area contributed by atoms with Crippen molar-refractivity contribution in [3.05, 3.63) is 46.5 Å². The van der Waals surface area contributed by atoms with Crippen LogP contribution in [0, 0.1) is 6.92 Å². The molecule has 0 bridgehead atoms. The molecule has 0 saturated carbocycles. The van der Waals surface area contributed by atoms with Crippen molar-refractivity contribution in [1.29, 1.82) is 0 Å². The molecule has 1 heterocycles. The molecule has 0 aliphatic carbocycles. The summed E-state index contributed by atoms with van der Waals surface area (Å²) in [5.74, 6) is 0. The van der Waals surface area contributed by atoms with E-state index in [1.54, 1.807) is 0 Å². The quantitative estimate of drug-likeness (QED) is 0.938. The van der Waals surface area contributed by atoms with Gasteiger partial charge in [0.2, 0.25) is 0 Å². The van der Waals surface area contributed by atoms with Crippen molar-refractivity contribution in [2.45, 2.75) is 13.3 Å². The summed E-state index contributed by atoms with van der Waals surface area (Å²) >= 11 is 3.46. The van der Waals surface area contributed by atoms with Crippen molar-refractivity contribution < 1.29 is 0 Å². The molecule has 0 radical (unpaired) electrons. The van der Waals surface area contributed by atoms with E-state index in [0.717, 1.165) is 22.3 Å². The second-order valence-electron chi connectivity index (χ2n) is 3.74. The molecule has 0 amide bonds. The van der Waals surface area contributed by atoms with E-state index < -0.39 is 0 Å². The Morgan fingerprint density at radius 1 is 1.44 bits per heavy atom. The van der Waals surface area contributed by atoms with Crippen LogP contribution in [0.5, 0.6) is 0 Å². The summed E-state index contributed by atoms with van der Waals surface area (Å²) in [4.78, 5) is 4.32. The van der Waals surface area contributed by atoms with Gasteiger partial charge in [-0.15, -0.1) is 0 Å². The van der Waals surface area contributed by atoms with Crippen molar-refractivity contribution in [2.75, 3.05) is 6.54 Å². The number of aromatic nitrogens is 2. The lowest BCUT2D eigenvalue weighted by Gasteiger charge is -2.06. The van der Waals surface area contributed by atoms with Gasteiger partial charge in [0.15, 0.2) is 0 Å². The molecule has 0 saturated heterocycles. The SMILES string of the molecule is Cc1cc(Br)ccc1-n1cnc(CCN)c1. The van der Waals surface area contributed by atoms with Gasteiger partial charge >= 0.3 is 0 Å². The zero-order valence-corrected chi connectivity index (χ0v) is 10.7. The van der Waals surface area contributed by atoms with Gasteiger partial charge < -0.3 is 10.3 Å². The fraction of sp³-hybridized carbons (Fsp3) is 0.250. The monoisotopic (exact) mass is 279 g/mol. The van der Waals surface area contributed by atoms with Crippen LogP contribution in [-0.2, 0) is 6.42 Å². The first kappa shape index (κ1) is 11.4. The molecule has 0 aliphatic rings. The number of benzene rings is 1. The molecule has 0 spiro atoms. The third-order valence-electron chi connectivity index (χ3n) is 2.47. The molecular formula is C12H14BrN3. The van der Waals surface area contributed by atoms with Crippen molar-refractivity contribution in [3.63, 3.8) is 0 Å². The number of rotatable bonds is 3. The molecule has 0 atom stereocenters. The zero-order chi connectivity index (χ0) is 11.5. The van der Waals surface area contributed by atoms with E-state index in [4.69, 9.17) is 5.73 Å². The van der Waals surface area contributed by atoms with Gasteiger partial charge in [-0.2, -0.15) is 0 Å². The highest BCUT2D eigenvalue weighted by atomic mass is 79.9. The van der Waals surface area contributed by atoms with Crippen LogP contribution in [0.15, 0.2) is 35.2 Å². The predicted molar refractivity (Wildman–Crippen MR) is 68.8 cm³/mol. The van der Waals surface area contributed by atoms with Crippen molar-refractivity contribution >= 4 is 15.9 Å². The Morgan fingerprint density at radius 2 is 2.25 bits per heavy atom. The topological polar surface area (TPSA) is 43.8 Å². The van der Waals surface area contributed by atoms with Gasteiger partial charge in [0.05, 0.1) is 12.0 Å². The Hall–Kier alpha value is -1.13. The van der Waals surface area contributed by atoms with Crippen LogP contribution in [0.1, 0.15) is 11.3 Å². The Bertz CT molecular complexity index is 491. The molecule has 3 nitrogen and oxygen atoms in total. The van der Waals surface area contributed by atoms with E-state index >= 15 is 0 Å². The van der Waals surface area contributed by atoms with Gasteiger partial charge in [-0.3, -0.25) is 0 Å². The average Bonchev–Trinajstić information content (AvgIpc) is 2.67. The van der Waals surface area contributed by atoms with Crippen molar-refractivity contribution in [1.82, 2.24) is 9.55 Å². The summed E-state index contributed by atoms with van der Waals surface area (Å²) in [6.45, 7) is 2.72. The molecule has 1 aromatic heterocycles. The summed E-state index contributed by atoms with van der Waals surface area (Å²) < 4.78 is 3.13. The van der Waals surface area contributed by atoms with Crippen LogP contribution < -0.4 is 5.73 Å². The first-order valence-corrected chi connectivity index (χ1v) is 5.99. The second kappa shape index (κ2) is 4.80. The second-order valence-corrected chi connectivity index (χ2v) is 4.66. The zero-order valence-electron chi connectivity index (χ0n) is 9.15. The lowest BCUT2D eigenvalue weighted by molar-refractivity contribution is 0.934. The first-order valence-electron chi connectivity index (χ1n) is 5.20. The number of halogens is 1. The third kappa shape index (κ3) is 2.33. The number of hydrogen-bond donors (Lipinski definition) is 1. The highest BCUT2D eigenvalue weighted by Crippen LogP contribution is 2.19. The van der Waals surface area contributed by atoms with E-state index in [9.17, 15) is 0 Å². The van der Waals surface area contributed by atoms with Crippen molar-refractivity contribution in [3.8, 4) is 5.69 Å². The number of hydrogen-bond acceptors (Lipinski definition) is 2. The average molecular weight is 280 g/mol. The van der Waals surface area contributed by atoms with Gasteiger partial charge in [-0.05, 0) is 37.2 Å². The number of imidazole rings is 1. The Morgan fingerprint density at radius 3 is 2.94 bits per heavy atom. The molecule has 0 fully saturated rings. The fourth-order valence-electron chi connectivity index (χ4n) is 1.68. The number of aryl methyl sites for hydroxylation is 1. The molecular weight excluding hydrogens is 266 g/mol. The van der Waals surface area contributed by atoms with E-state index in [-0.39, 0.29) is 0 Å². The first-order chi connectivity index (χ1) is 7.70. The minimum absolute atomic E-state index is 0.635. The van der Waals surface area contributed by atoms with Gasteiger partial charge in [-0.25, -0.2) is 4.98 Å². The smallest absolute Gasteiger partial charge is 0.0995 e. The normalized spacial score (nSPS) is 10.7. The summed E-state index contributed by atoms with van der Waals surface area (Å²) in [5, 5.41) is 0. The fourth-order valence-corrected chi connectivity index (χ4v) is 2.16. The molecule has 2 rings (SSSR count). The van der Waals surface area contributed by atoms with Crippen LogP contribution in [0.3, 0.4) is 0 Å². The Balaban J connectivity index is 2.35. The molecule has 0 aliphatic heterocycles. The van der Waals surface area contributed by atoms with Crippen LogP contribution in [0.25, 0.3) is 5.69 Å². The lowest BCUT2D eigenvalue weighted by atomic mass is 10.2. The molecule has 16 heavy (non-hydrogen) atoms. The standard InChI is InChI=1S/C12H14BrN3/c1-9-6-10(13)2-3-12(9)16-7-11(4-5-14)15-8-16/h2-3,6-8H,4-5,14H2,1H3. The lowest BCUT2D eigenvalue weighted by Crippen LogP contribution is -2.02. The van der Waals surface area contributed by atoms with E-state index in [1.807, 2.05) is 23.2 Å². The highest BCUT2D eigenvalue weighted by molar-refractivity contribution is 9.10. The van der Waals surface area contributed by atoms with Gasteiger partial charge in [0, 0.05) is 22.8 Å². The largest absolute Gasteiger partial charge is 0.330 e. The molecule has 2 aromatic rings. The highest BCUT2D eigenvalue weighted by Gasteiger charge is 2.03. The summed E-state index contributed by atoms with van der Waals surface area (Å²) in [5.41, 5.74) is 8.90. The summed E-state index contributed by atoms with van der Waals surface area (Å²) in [7, 11) is 0. The molecule has 84 valence electrons. The summed E-state index contributed by atoms with van der Waals surface area (Å²) in [6.07, 6.45) is 4.69. The minimum Gasteiger partial charge on any atom is -0.330 e. The molecule has 2 N–H and O–H groups in total. The maximum atomic E-state index is 5.50. The number of nitrogens with two attached hydrogens (primary N) is 1. The van der Waals surface area contributed by atoms with E-state index in [1.165, 1.54) is 5.56 Å². The van der Waals surface area contributed by atoms with Crippen LogP contribution in [0.4, 0.5) is 0 Å².